The van der Waals surface area contributed by atoms with Crippen LogP contribution < -0.4 is 0 Å². The lowest BCUT2D eigenvalue weighted by Crippen LogP contribution is -2.56. The first kappa shape index (κ1) is 9.69. The highest BCUT2D eigenvalue weighted by molar-refractivity contribution is 9.10. The van der Waals surface area contributed by atoms with Crippen LogP contribution in [0.25, 0.3) is 0 Å². The van der Waals surface area contributed by atoms with E-state index in [9.17, 15) is 0 Å². The van der Waals surface area contributed by atoms with E-state index in [2.05, 4.69) is 29.8 Å². The molecule has 0 nitrogen and oxygen atoms in total. The SMILES string of the molecule is CCC12CC3CC(C)(CC(Br)(C3)C1)C2. The van der Waals surface area contributed by atoms with Crippen LogP contribution in [0.1, 0.15) is 58.8 Å². The van der Waals surface area contributed by atoms with E-state index in [1.807, 2.05) is 0 Å². The first-order chi connectivity index (χ1) is 6.47. The minimum Gasteiger partial charge on any atom is -0.0853 e. The molecule has 4 unspecified atom stereocenters. The van der Waals surface area contributed by atoms with Crippen molar-refractivity contribution in [1.29, 1.82) is 0 Å². The predicted molar refractivity (Wildman–Crippen MR) is 63.7 cm³/mol. The molecule has 1 heteroatoms. The molecular weight excluding hydrogens is 236 g/mol. The Morgan fingerprint density at radius 3 is 2.50 bits per heavy atom. The fourth-order valence-corrected chi connectivity index (χ4v) is 7.13. The van der Waals surface area contributed by atoms with Crippen molar-refractivity contribution < 1.29 is 0 Å². The van der Waals surface area contributed by atoms with Gasteiger partial charge in [0.25, 0.3) is 0 Å². The Balaban J connectivity index is 2.01. The van der Waals surface area contributed by atoms with Gasteiger partial charge in [-0.25, -0.2) is 0 Å². The maximum Gasteiger partial charge on any atom is 0.0271 e. The van der Waals surface area contributed by atoms with Gasteiger partial charge in [-0.1, -0.05) is 36.2 Å². The second kappa shape index (κ2) is 2.59. The van der Waals surface area contributed by atoms with Crippen LogP contribution in [0, 0.1) is 16.7 Å². The third-order valence-corrected chi connectivity index (χ3v) is 6.03. The van der Waals surface area contributed by atoms with Crippen LogP contribution in [0.4, 0.5) is 0 Å². The normalized spacial score (nSPS) is 60.6. The highest BCUT2D eigenvalue weighted by Gasteiger charge is 2.60. The minimum atomic E-state index is 0.539. The lowest BCUT2D eigenvalue weighted by Gasteiger charge is -2.64. The molecule has 0 amide bonds. The van der Waals surface area contributed by atoms with Gasteiger partial charge in [0.15, 0.2) is 0 Å². The average molecular weight is 257 g/mol. The summed E-state index contributed by atoms with van der Waals surface area (Å²) in [5.74, 6) is 1.04. The molecule has 0 heterocycles. The molecule has 0 aliphatic heterocycles. The average Bonchev–Trinajstić information content (AvgIpc) is 1.97. The van der Waals surface area contributed by atoms with E-state index in [1.54, 1.807) is 0 Å². The van der Waals surface area contributed by atoms with E-state index in [0.717, 1.165) is 11.3 Å². The van der Waals surface area contributed by atoms with E-state index >= 15 is 0 Å². The van der Waals surface area contributed by atoms with Crippen molar-refractivity contribution in [3.05, 3.63) is 0 Å². The maximum atomic E-state index is 4.07. The number of hydrogen-bond acceptors (Lipinski definition) is 0. The molecule has 0 spiro atoms. The number of rotatable bonds is 1. The highest BCUT2D eigenvalue weighted by atomic mass is 79.9. The van der Waals surface area contributed by atoms with Crippen molar-refractivity contribution in [1.82, 2.24) is 0 Å². The summed E-state index contributed by atoms with van der Waals surface area (Å²) in [6, 6.07) is 0. The van der Waals surface area contributed by atoms with Gasteiger partial charge in [-0.3, -0.25) is 0 Å². The Morgan fingerprint density at radius 1 is 1.14 bits per heavy atom. The van der Waals surface area contributed by atoms with Gasteiger partial charge in [0.05, 0.1) is 0 Å². The minimum absolute atomic E-state index is 0.539. The van der Waals surface area contributed by atoms with Crippen molar-refractivity contribution >= 4 is 15.9 Å². The van der Waals surface area contributed by atoms with Crippen LogP contribution in [-0.2, 0) is 0 Å². The molecule has 4 fully saturated rings. The second-order valence-electron chi connectivity index (χ2n) is 6.82. The predicted octanol–water partition coefficient (Wildman–Crippen LogP) is 4.52. The molecule has 4 saturated carbocycles. The Bertz CT molecular complexity index is 252. The topological polar surface area (TPSA) is 0 Å². The monoisotopic (exact) mass is 256 g/mol. The summed E-state index contributed by atoms with van der Waals surface area (Å²) < 4.78 is 0.539. The van der Waals surface area contributed by atoms with E-state index in [0.29, 0.717) is 9.74 Å². The summed E-state index contributed by atoms with van der Waals surface area (Å²) >= 11 is 4.07. The second-order valence-corrected chi connectivity index (χ2v) is 8.51. The molecule has 80 valence electrons. The van der Waals surface area contributed by atoms with Crippen LogP contribution in [0.3, 0.4) is 0 Å². The lowest BCUT2D eigenvalue weighted by molar-refractivity contribution is -0.0869. The Hall–Kier alpha value is 0.480. The molecule has 0 aromatic carbocycles. The van der Waals surface area contributed by atoms with Gasteiger partial charge >= 0.3 is 0 Å². The van der Waals surface area contributed by atoms with Gasteiger partial charge in [0.1, 0.15) is 0 Å². The van der Waals surface area contributed by atoms with Crippen LogP contribution >= 0.6 is 15.9 Å². The van der Waals surface area contributed by atoms with Crippen molar-refractivity contribution in [2.24, 2.45) is 16.7 Å². The molecule has 0 N–H and O–H groups in total. The van der Waals surface area contributed by atoms with Crippen LogP contribution in [0.5, 0.6) is 0 Å². The standard InChI is InChI=1S/C13H21Br/c1-3-12-5-10-4-11(2,7-12)8-13(14,6-10)9-12/h10H,3-9H2,1-2H3. The number of alkyl halides is 1. The fraction of sp³-hybridized carbons (Fsp3) is 1.00. The molecule has 4 bridgehead atoms. The Kier molecular flexibility index (Phi) is 1.79. The third kappa shape index (κ3) is 1.24. The molecule has 4 aliphatic rings. The molecule has 0 saturated heterocycles. The zero-order valence-corrected chi connectivity index (χ0v) is 11.0. The van der Waals surface area contributed by atoms with Gasteiger partial charge in [-0.15, -0.1) is 0 Å². The summed E-state index contributed by atoms with van der Waals surface area (Å²) in [5.41, 5.74) is 1.40. The molecule has 0 aromatic rings. The number of halogens is 1. The summed E-state index contributed by atoms with van der Waals surface area (Å²) in [5, 5.41) is 0. The molecule has 0 radical (unpaired) electrons. The van der Waals surface area contributed by atoms with Gasteiger partial charge in [0.2, 0.25) is 0 Å². The summed E-state index contributed by atoms with van der Waals surface area (Å²) in [4.78, 5) is 0. The van der Waals surface area contributed by atoms with Crippen molar-refractivity contribution in [3.63, 3.8) is 0 Å². The third-order valence-electron chi connectivity index (χ3n) is 5.14. The van der Waals surface area contributed by atoms with Gasteiger partial charge in [0, 0.05) is 4.32 Å². The zero-order valence-electron chi connectivity index (χ0n) is 9.41. The van der Waals surface area contributed by atoms with Gasteiger partial charge in [-0.2, -0.15) is 0 Å². The van der Waals surface area contributed by atoms with E-state index in [-0.39, 0.29) is 0 Å². The summed E-state index contributed by atoms with van der Waals surface area (Å²) in [7, 11) is 0. The van der Waals surface area contributed by atoms with Crippen molar-refractivity contribution in [3.8, 4) is 0 Å². The highest BCUT2D eigenvalue weighted by Crippen LogP contribution is 2.69. The molecule has 4 rings (SSSR count). The van der Waals surface area contributed by atoms with Crippen LogP contribution in [0.15, 0.2) is 0 Å². The Morgan fingerprint density at radius 2 is 1.93 bits per heavy atom. The molecule has 4 aliphatic carbocycles. The molecular formula is C13H21Br. The fourth-order valence-electron chi connectivity index (χ4n) is 5.40. The zero-order chi connectivity index (χ0) is 10.0. The van der Waals surface area contributed by atoms with Crippen molar-refractivity contribution in [2.45, 2.75) is 63.1 Å². The molecule has 14 heavy (non-hydrogen) atoms. The summed E-state index contributed by atoms with van der Waals surface area (Å²) in [6.07, 6.45) is 10.3. The summed E-state index contributed by atoms with van der Waals surface area (Å²) in [6.45, 7) is 4.95. The van der Waals surface area contributed by atoms with E-state index < -0.39 is 0 Å². The Labute approximate surface area is 96.0 Å². The smallest absolute Gasteiger partial charge is 0.0271 e. The molecule has 0 aromatic heterocycles. The quantitative estimate of drug-likeness (QED) is 0.606. The maximum absolute atomic E-state index is 4.07. The number of hydrogen-bond donors (Lipinski definition) is 0. The first-order valence-corrected chi connectivity index (χ1v) is 6.95. The van der Waals surface area contributed by atoms with Crippen LogP contribution in [0.2, 0.25) is 0 Å². The largest absolute Gasteiger partial charge is 0.0853 e. The van der Waals surface area contributed by atoms with E-state index in [1.165, 1.54) is 44.9 Å². The van der Waals surface area contributed by atoms with E-state index in [4.69, 9.17) is 0 Å². The lowest BCUT2D eigenvalue weighted by atomic mass is 9.44. The van der Waals surface area contributed by atoms with Gasteiger partial charge in [-0.05, 0) is 55.3 Å². The molecule has 4 atom stereocenters. The van der Waals surface area contributed by atoms with Crippen LogP contribution in [-0.4, -0.2) is 4.32 Å². The van der Waals surface area contributed by atoms with Crippen molar-refractivity contribution in [2.75, 3.05) is 0 Å². The van der Waals surface area contributed by atoms with Gasteiger partial charge < -0.3 is 0 Å². The first-order valence-electron chi connectivity index (χ1n) is 6.16.